The number of benzene rings is 1. The lowest BCUT2D eigenvalue weighted by atomic mass is 9.86. The summed E-state index contributed by atoms with van der Waals surface area (Å²) < 4.78 is 47.8. The molecule has 1 unspecified atom stereocenters. The number of likely N-dealkylation sites (N-methyl/N-ethyl adjacent to an activating group) is 2. The summed E-state index contributed by atoms with van der Waals surface area (Å²) in [5.41, 5.74) is 0.388. The van der Waals surface area contributed by atoms with E-state index in [0.717, 1.165) is 29.9 Å². The quantitative estimate of drug-likeness (QED) is 0.411. The van der Waals surface area contributed by atoms with Gasteiger partial charge in [-0.3, -0.25) is 0 Å². The molecule has 0 amide bonds. The summed E-state index contributed by atoms with van der Waals surface area (Å²) in [5, 5.41) is 3.25. The first-order valence-electron chi connectivity index (χ1n) is 11.4. The lowest BCUT2D eigenvalue weighted by Crippen LogP contribution is -2.34. The summed E-state index contributed by atoms with van der Waals surface area (Å²) in [6, 6.07) is 11.1. The molecule has 35 heavy (non-hydrogen) atoms. The Kier molecular flexibility index (Phi) is 6.97. The van der Waals surface area contributed by atoms with Crippen molar-refractivity contribution in [3.63, 3.8) is 0 Å². The van der Waals surface area contributed by atoms with Crippen molar-refractivity contribution in [2.75, 3.05) is 37.4 Å². The Morgan fingerprint density at radius 3 is 2.54 bits per heavy atom. The topological polar surface area (TPSA) is 53.5 Å². The molecule has 2 aromatic heterocycles. The molecule has 10 heteroatoms. The molecule has 0 bridgehead atoms. The molecule has 4 rings (SSSR count). The molecule has 1 aromatic carbocycles. The van der Waals surface area contributed by atoms with Crippen LogP contribution in [-0.2, 0) is 11.6 Å². The molecule has 3 heterocycles. The van der Waals surface area contributed by atoms with E-state index in [1.165, 1.54) is 0 Å². The van der Waals surface area contributed by atoms with Crippen molar-refractivity contribution in [1.82, 2.24) is 14.9 Å². The van der Waals surface area contributed by atoms with Crippen LogP contribution in [-0.4, -0.2) is 48.1 Å². The van der Waals surface area contributed by atoms with Gasteiger partial charge >= 0.3 is 6.18 Å². The lowest BCUT2D eigenvalue weighted by molar-refractivity contribution is -0.140. The van der Waals surface area contributed by atoms with Gasteiger partial charge in [0.1, 0.15) is 16.4 Å². The SMILES string of the molecule is CN1CCC(N(C)c2sc(Nc3cccnc3Oc3ccccc3C(C)(C)C)nc2C(F)(F)F)C1. The van der Waals surface area contributed by atoms with Crippen LogP contribution in [0, 0.1) is 0 Å². The number of anilines is 3. The summed E-state index contributed by atoms with van der Waals surface area (Å²) in [6.45, 7) is 7.82. The van der Waals surface area contributed by atoms with Gasteiger partial charge in [0.25, 0.3) is 0 Å². The number of thiazole rings is 1. The predicted octanol–water partition coefficient (Wildman–Crippen LogP) is 6.53. The number of ether oxygens (including phenoxy) is 1. The van der Waals surface area contributed by atoms with Gasteiger partial charge in [-0.15, -0.1) is 0 Å². The number of alkyl halides is 3. The zero-order valence-electron chi connectivity index (χ0n) is 20.5. The molecule has 0 radical (unpaired) electrons. The number of pyridine rings is 1. The lowest BCUT2D eigenvalue weighted by Gasteiger charge is -2.26. The van der Waals surface area contributed by atoms with Crippen LogP contribution in [0.3, 0.4) is 0 Å². The van der Waals surface area contributed by atoms with E-state index in [9.17, 15) is 13.2 Å². The van der Waals surface area contributed by atoms with E-state index in [0.29, 0.717) is 18.0 Å². The van der Waals surface area contributed by atoms with E-state index in [1.54, 1.807) is 30.3 Å². The third-order valence-corrected chi connectivity index (χ3v) is 7.09. The summed E-state index contributed by atoms with van der Waals surface area (Å²) in [7, 11) is 3.68. The Balaban J connectivity index is 1.64. The number of rotatable bonds is 6. The number of likely N-dealkylation sites (tertiary alicyclic amines) is 1. The fourth-order valence-electron chi connectivity index (χ4n) is 4.14. The highest BCUT2D eigenvalue weighted by Gasteiger charge is 2.40. The van der Waals surface area contributed by atoms with E-state index in [-0.39, 0.29) is 27.5 Å². The first-order valence-corrected chi connectivity index (χ1v) is 12.2. The second-order valence-electron chi connectivity index (χ2n) is 9.82. The van der Waals surface area contributed by atoms with Crippen molar-refractivity contribution in [3.05, 3.63) is 53.9 Å². The second-order valence-corrected chi connectivity index (χ2v) is 10.8. The van der Waals surface area contributed by atoms with Crippen LogP contribution in [0.1, 0.15) is 38.4 Å². The number of hydrogen-bond donors (Lipinski definition) is 1. The van der Waals surface area contributed by atoms with Crippen molar-refractivity contribution in [1.29, 1.82) is 0 Å². The Bertz CT molecular complexity index is 1170. The molecular weight excluding hydrogens is 475 g/mol. The molecule has 1 N–H and O–H groups in total. The van der Waals surface area contributed by atoms with Crippen LogP contribution in [0.15, 0.2) is 42.6 Å². The minimum absolute atomic E-state index is 0.000543. The molecule has 6 nitrogen and oxygen atoms in total. The van der Waals surface area contributed by atoms with Crippen LogP contribution in [0.25, 0.3) is 0 Å². The molecule has 1 saturated heterocycles. The number of halogens is 3. The zero-order valence-corrected chi connectivity index (χ0v) is 21.3. The average Bonchev–Trinajstić information content (AvgIpc) is 3.41. The Labute approximate surface area is 207 Å². The smallest absolute Gasteiger partial charge is 0.436 e. The molecule has 3 aromatic rings. The molecule has 188 valence electrons. The summed E-state index contributed by atoms with van der Waals surface area (Å²) in [4.78, 5) is 12.1. The molecular formula is C25H30F3N5OS. The summed E-state index contributed by atoms with van der Waals surface area (Å²) in [6.07, 6.45) is -2.18. The standard InChI is InChI=1S/C25H30F3N5OS/c1-24(2,3)17-9-6-7-11-19(17)34-21-18(10-8-13-29-21)30-23-31-20(25(26,27)28)22(35-23)33(5)16-12-14-32(4)15-16/h6-11,13,16H,12,14-15H2,1-5H3,(H,30,31). The van der Waals surface area contributed by atoms with E-state index in [1.807, 2.05) is 31.3 Å². The van der Waals surface area contributed by atoms with Crippen molar-refractivity contribution in [3.8, 4) is 11.6 Å². The molecule has 0 spiro atoms. The average molecular weight is 506 g/mol. The monoisotopic (exact) mass is 505 g/mol. The molecule has 0 aliphatic carbocycles. The minimum atomic E-state index is -4.57. The van der Waals surface area contributed by atoms with Gasteiger partial charge in [-0.05, 0) is 43.6 Å². The number of aromatic nitrogens is 2. The Morgan fingerprint density at radius 1 is 1.14 bits per heavy atom. The van der Waals surface area contributed by atoms with Gasteiger partial charge in [-0.2, -0.15) is 13.2 Å². The second kappa shape index (κ2) is 9.66. The van der Waals surface area contributed by atoms with Gasteiger partial charge in [-0.25, -0.2) is 9.97 Å². The van der Waals surface area contributed by atoms with Gasteiger partial charge in [0, 0.05) is 31.4 Å². The highest BCUT2D eigenvalue weighted by Crippen LogP contribution is 2.44. The fraction of sp³-hybridized carbons (Fsp3) is 0.440. The van der Waals surface area contributed by atoms with Gasteiger partial charge in [0.15, 0.2) is 10.8 Å². The van der Waals surface area contributed by atoms with E-state index in [4.69, 9.17) is 4.74 Å². The predicted molar refractivity (Wildman–Crippen MR) is 134 cm³/mol. The number of hydrogen-bond acceptors (Lipinski definition) is 7. The maximum atomic E-state index is 13.9. The van der Waals surface area contributed by atoms with Gasteiger partial charge < -0.3 is 19.9 Å². The maximum Gasteiger partial charge on any atom is 0.436 e. The zero-order chi connectivity index (χ0) is 25.4. The van der Waals surface area contributed by atoms with Crippen molar-refractivity contribution in [2.45, 2.75) is 44.8 Å². The minimum Gasteiger partial charge on any atom is -0.437 e. The van der Waals surface area contributed by atoms with Gasteiger partial charge in [0.2, 0.25) is 5.88 Å². The van der Waals surface area contributed by atoms with Crippen molar-refractivity contribution < 1.29 is 17.9 Å². The van der Waals surface area contributed by atoms with E-state index >= 15 is 0 Å². The number of para-hydroxylation sites is 1. The van der Waals surface area contributed by atoms with Crippen LogP contribution in [0.5, 0.6) is 11.6 Å². The third-order valence-electron chi connectivity index (χ3n) is 6.03. The maximum absolute atomic E-state index is 13.9. The highest BCUT2D eigenvalue weighted by atomic mass is 32.1. The van der Waals surface area contributed by atoms with E-state index < -0.39 is 11.9 Å². The van der Waals surface area contributed by atoms with Crippen LogP contribution in [0.2, 0.25) is 0 Å². The number of nitrogens with zero attached hydrogens (tertiary/aromatic N) is 4. The van der Waals surface area contributed by atoms with Crippen molar-refractivity contribution >= 4 is 27.2 Å². The van der Waals surface area contributed by atoms with Gasteiger partial charge in [-0.1, -0.05) is 50.3 Å². The highest BCUT2D eigenvalue weighted by molar-refractivity contribution is 7.19. The first kappa shape index (κ1) is 25.2. The Hall–Kier alpha value is -2.85. The largest absolute Gasteiger partial charge is 0.437 e. The Morgan fingerprint density at radius 2 is 1.89 bits per heavy atom. The molecule has 1 fully saturated rings. The molecule has 0 saturated carbocycles. The van der Waals surface area contributed by atoms with E-state index in [2.05, 4.69) is 41.0 Å². The van der Waals surface area contributed by atoms with Gasteiger partial charge in [0.05, 0.1) is 0 Å². The number of nitrogens with one attached hydrogen (secondary N) is 1. The van der Waals surface area contributed by atoms with Crippen LogP contribution < -0.4 is 15.0 Å². The van der Waals surface area contributed by atoms with Crippen LogP contribution in [0.4, 0.5) is 29.0 Å². The summed E-state index contributed by atoms with van der Waals surface area (Å²) in [5.74, 6) is 0.905. The normalized spacial score (nSPS) is 17.0. The van der Waals surface area contributed by atoms with Crippen LogP contribution >= 0.6 is 11.3 Å². The fourth-order valence-corrected chi connectivity index (χ4v) is 5.18. The van der Waals surface area contributed by atoms with Crippen molar-refractivity contribution in [2.24, 2.45) is 0 Å². The third kappa shape index (κ3) is 5.70. The molecule has 1 aliphatic heterocycles. The molecule has 1 atom stereocenters. The summed E-state index contributed by atoms with van der Waals surface area (Å²) >= 11 is 0.982. The molecule has 1 aliphatic rings. The first-order chi connectivity index (χ1) is 16.4.